The summed E-state index contributed by atoms with van der Waals surface area (Å²) in [5.74, 6) is -0.851. The maximum absolute atomic E-state index is 12.8. The first-order valence-electron chi connectivity index (χ1n) is 8.88. The van der Waals surface area contributed by atoms with Crippen molar-refractivity contribution < 1.29 is 19.1 Å². The number of fused-ring (bicyclic) bond motifs is 1. The molecule has 0 atom stereocenters. The van der Waals surface area contributed by atoms with E-state index in [1.165, 1.54) is 27.2 Å². The van der Waals surface area contributed by atoms with Crippen molar-refractivity contribution in [2.24, 2.45) is 0 Å². The largest absolute Gasteiger partial charge is 0.462 e. The number of carbonyl (C=O) groups excluding carboxylic acids is 2. The van der Waals surface area contributed by atoms with E-state index in [1.54, 1.807) is 25.2 Å². The van der Waals surface area contributed by atoms with Crippen molar-refractivity contribution >= 4 is 79.5 Å². The molecule has 0 saturated carbocycles. The lowest BCUT2D eigenvalue weighted by Gasteiger charge is -2.12. The quantitative estimate of drug-likeness (QED) is 0.314. The Balaban J connectivity index is 2.24. The van der Waals surface area contributed by atoms with Crippen LogP contribution in [0.3, 0.4) is 0 Å². The minimum absolute atomic E-state index is 0.264. The smallest absolute Gasteiger partial charge is 0.341 e. The zero-order valence-corrected chi connectivity index (χ0v) is 20.5. The van der Waals surface area contributed by atoms with E-state index in [4.69, 9.17) is 21.1 Å². The molecule has 0 radical (unpaired) electrons. The third-order valence-electron chi connectivity index (χ3n) is 4.01. The molecule has 0 amide bonds. The molecule has 0 aliphatic carbocycles. The number of hydrogen-bond donors (Lipinski definition) is 0. The van der Waals surface area contributed by atoms with Crippen molar-refractivity contribution in [3.63, 3.8) is 0 Å². The second kappa shape index (κ2) is 8.28. The van der Waals surface area contributed by atoms with E-state index >= 15 is 0 Å². The van der Waals surface area contributed by atoms with Gasteiger partial charge in [-0.2, -0.15) is 0 Å². The van der Waals surface area contributed by atoms with Gasteiger partial charge < -0.3 is 9.47 Å². The standard InChI is InChI=1S/C19H21ClO4S3Si/c1-6-23-18(21)12-14(10-8-9-11(25-10)28(3,4)5)26-16-13(19(22)24-7-2)17(20)27-15(12)16/h8-9H,6-7H2,1-5H3. The van der Waals surface area contributed by atoms with Crippen molar-refractivity contribution in [2.45, 2.75) is 33.5 Å². The first-order chi connectivity index (χ1) is 13.2. The monoisotopic (exact) mass is 472 g/mol. The normalized spacial score (nSPS) is 11.8. The van der Waals surface area contributed by atoms with Gasteiger partial charge in [-0.05, 0) is 24.4 Å². The average Bonchev–Trinajstić information content (AvgIpc) is 3.26. The van der Waals surface area contributed by atoms with Crippen LogP contribution < -0.4 is 4.50 Å². The third-order valence-corrected chi connectivity index (χ3v) is 11.6. The molecule has 0 fully saturated rings. The van der Waals surface area contributed by atoms with Gasteiger partial charge in [0.1, 0.15) is 9.90 Å². The molecule has 0 bridgehead atoms. The van der Waals surface area contributed by atoms with Gasteiger partial charge in [-0.1, -0.05) is 37.3 Å². The average molecular weight is 473 g/mol. The van der Waals surface area contributed by atoms with Crippen LogP contribution in [0, 0.1) is 0 Å². The van der Waals surface area contributed by atoms with Crippen molar-refractivity contribution in [1.82, 2.24) is 0 Å². The van der Waals surface area contributed by atoms with Crippen LogP contribution in [-0.2, 0) is 9.47 Å². The van der Waals surface area contributed by atoms with E-state index in [1.807, 2.05) is 0 Å². The minimum atomic E-state index is -1.46. The molecule has 3 rings (SSSR count). The Morgan fingerprint density at radius 1 is 0.929 bits per heavy atom. The van der Waals surface area contributed by atoms with Crippen LogP contribution in [0.25, 0.3) is 19.2 Å². The Morgan fingerprint density at radius 2 is 1.50 bits per heavy atom. The Hall–Kier alpha value is -1.19. The molecule has 150 valence electrons. The summed E-state index contributed by atoms with van der Waals surface area (Å²) in [6.07, 6.45) is 0. The van der Waals surface area contributed by atoms with E-state index in [-0.39, 0.29) is 19.2 Å². The number of esters is 2. The van der Waals surface area contributed by atoms with Crippen LogP contribution >= 0.6 is 45.6 Å². The predicted octanol–water partition coefficient (Wildman–Crippen LogP) is 6.24. The van der Waals surface area contributed by atoms with Gasteiger partial charge in [0, 0.05) is 4.88 Å². The topological polar surface area (TPSA) is 52.6 Å². The molecule has 0 N–H and O–H groups in total. The van der Waals surface area contributed by atoms with Gasteiger partial charge in [-0.15, -0.1) is 34.0 Å². The van der Waals surface area contributed by atoms with Gasteiger partial charge in [0.2, 0.25) is 0 Å². The van der Waals surface area contributed by atoms with Gasteiger partial charge in [0.25, 0.3) is 0 Å². The highest BCUT2D eigenvalue weighted by molar-refractivity contribution is 7.35. The molecule has 4 nitrogen and oxygen atoms in total. The highest BCUT2D eigenvalue weighted by Gasteiger charge is 2.30. The number of ether oxygens (including phenoxy) is 2. The summed E-state index contributed by atoms with van der Waals surface area (Å²) in [6, 6.07) is 4.20. The fourth-order valence-corrected chi connectivity index (χ4v) is 8.73. The molecule has 0 aliphatic heterocycles. The van der Waals surface area contributed by atoms with E-state index in [9.17, 15) is 9.59 Å². The molecule has 0 aromatic carbocycles. The van der Waals surface area contributed by atoms with Crippen LogP contribution in [0.15, 0.2) is 12.1 Å². The SMILES string of the molecule is CCOC(=O)c1c(Cl)sc2c(C(=O)OCC)c(-c3ccc([Si](C)(C)C)s3)sc12. The molecule has 0 spiro atoms. The Labute approximate surface area is 182 Å². The summed E-state index contributed by atoms with van der Waals surface area (Å²) in [6.45, 7) is 11.0. The number of rotatable bonds is 6. The summed E-state index contributed by atoms with van der Waals surface area (Å²) in [5.41, 5.74) is 0.834. The van der Waals surface area contributed by atoms with Crippen molar-refractivity contribution in [2.75, 3.05) is 13.2 Å². The molecule has 0 aliphatic rings. The van der Waals surface area contributed by atoms with Crippen LogP contribution in [0.2, 0.25) is 24.0 Å². The van der Waals surface area contributed by atoms with Crippen molar-refractivity contribution in [3.05, 3.63) is 27.6 Å². The second-order valence-electron chi connectivity index (χ2n) is 7.07. The van der Waals surface area contributed by atoms with Gasteiger partial charge >= 0.3 is 11.9 Å². The van der Waals surface area contributed by atoms with Crippen LogP contribution in [0.1, 0.15) is 34.6 Å². The van der Waals surface area contributed by atoms with Crippen LogP contribution in [0.4, 0.5) is 0 Å². The Bertz CT molecular complexity index is 1040. The maximum atomic E-state index is 12.8. The molecular formula is C19H21ClO4S3Si. The Morgan fingerprint density at radius 3 is 2.04 bits per heavy atom. The first kappa shape index (κ1) is 21.5. The number of thiophene rings is 3. The summed E-state index contributed by atoms with van der Waals surface area (Å²) < 4.78 is 13.6. The molecule has 3 heterocycles. The number of hydrogen-bond acceptors (Lipinski definition) is 7. The zero-order valence-electron chi connectivity index (χ0n) is 16.3. The maximum Gasteiger partial charge on any atom is 0.341 e. The lowest BCUT2D eigenvalue weighted by molar-refractivity contribution is 0.0519. The summed E-state index contributed by atoms with van der Waals surface area (Å²) in [5, 5.41) is 0. The summed E-state index contributed by atoms with van der Waals surface area (Å²) in [7, 11) is -1.46. The summed E-state index contributed by atoms with van der Waals surface area (Å²) in [4.78, 5) is 27.1. The molecule has 9 heteroatoms. The second-order valence-corrected chi connectivity index (χ2v) is 16.2. The minimum Gasteiger partial charge on any atom is -0.462 e. The molecule has 0 unspecified atom stereocenters. The predicted molar refractivity (Wildman–Crippen MR) is 123 cm³/mol. The van der Waals surface area contributed by atoms with Crippen molar-refractivity contribution in [1.29, 1.82) is 0 Å². The van der Waals surface area contributed by atoms with E-state index in [0.717, 1.165) is 9.75 Å². The van der Waals surface area contributed by atoms with Gasteiger partial charge in [-0.25, -0.2) is 9.59 Å². The fraction of sp³-hybridized carbons (Fsp3) is 0.368. The van der Waals surface area contributed by atoms with E-state index < -0.39 is 14.0 Å². The van der Waals surface area contributed by atoms with Gasteiger partial charge in [-0.3, -0.25) is 0 Å². The third kappa shape index (κ3) is 3.93. The van der Waals surface area contributed by atoms with Gasteiger partial charge in [0.15, 0.2) is 0 Å². The summed E-state index contributed by atoms with van der Waals surface area (Å²) >= 11 is 10.7. The molecule has 3 aromatic rings. The number of carbonyl (C=O) groups is 2. The highest BCUT2D eigenvalue weighted by Crippen LogP contribution is 2.48. The van der Waals surface area contributed by atoms with Crippen LogP contribution in [-0.4, -0.2) is 33.2 Å². The van der Waals surface area contributed by atoms with Crippen molar-refractivity contribution in [3.8, 4) is 9.75 Å². The lowest BCUT2D eigenvalue weighted by atomic mass is 10.2. The molecule has 28 heavy (non-hydrogen) atoms. The van der Waals surface area contributed by atoms with E-state index in [0.29, 0.717) is 24.9 Å². The molecule has 0 saturated heterocycles. The van der Waals surface area contributed by atoms with Gasteiger partial charge in [0.05, 0.1) is 41.1 Å². The highest BCUT2D eigenvalue weighted by atomic mass is 35.5. The molecular weight excluding hydrogens is 452 g/mol. The lowest BCUT2D eigenvalue weighted by Crippen LogP contribution is -2.34. The number of halogens is 1. The first-order valence-corrected chi connectivity index (χ1v) is 15.2. The van der Waals surface area contributed by atoms with Crippen LogP contribution in [0.5, 0.6) is 0 Å². The van der Waals surface area contributed by atoms with E-state index in [2.05, 4.69) is 31.8 Å². The fourth-order valence-electron chi connectivity index (χ4n) is 2.71. The Kier molecular flexibility index (Phi) is 6.36. The zero-order chi connectivity index (χ0) is 20.6. The molecule has 3 aromatic heterocycles.